The lowest BCUT2D eigenvalue weighted by molar-refractivity contribution is -0.117. The average molecular weight is 420 g/mol. The Morgan fingerprint density at radius 2 is 1.70 bits per heavy atom. The zero-order valence-electron chi connectivity index (χ0n) is 17.5. The summed E-state index contributed by atoms with van der Waals surface area (Å²) in [5.74, 6) is 3.35. The van der Waals surface area contributed by atoms with Crippen molar-refractivity contribution in [3.8, 4) is 0 Å². The molecule has 1 N–H and O–H groups in total. The topological polar surface area (TPSA) is 44.7 Å². The number of Topliss-reactive ketones (excluding diaryl/α,β-unsaturated/α-hetero) is 1. The summed E-state index contributed by atoms with van der Waals surface area (Å²) < 4.78 is 0. The number of unbranched alkanes of at least 4 members (excludes halogenated alkanes) is 3. The normalized spacial score (nSPS) is 23.6. The minimum Gasteiger partial charge on any atom is -0.377 e. The maximum absolute atomic E-state index is 11.0. The van der Waals surface area contributed by atoms with E-state index in [2.05, 4.69) is 17.1 Å². The number of carbonyl (C=O) groups is 1. The summed E-state index contributed by atoms with van der Waals surface area (Å²) in [4.78, 5) is 18.5. The number of aliphatic imine (C=N–C) groups is 1. The van der Waals surface area contributed by atoms with Gasteiger partial charge in [0.25, 0.3) is 0 Å². The molecular formula is C21H39Cl2N3O. The van der Waals surface area contributed by atoms with Gasteiger partial charge in [0, 0.05) is 50.8 Å². The Balaban J connectivity index is 2.52. The number of nitrogens with one attached hydrogen (secondary N) is 1. The van der Waals surface area contributed by atoms with Crippen molar-refractivity contribution in [3.63, 3.8) is 0 Å². The third-order valence-electron chi connectivity index (χ3n) is 5.69. The molecular weight excluding hydrogens is 381 g/mol. The highest BCUT2D eigenvalue weighted by Gasteiger charge is 2.30. The quantitative estimate of drug-likeness (QED) is 0.200. The van der Waals surface area contributed by atoms with Gasteiger partial charge < -0.3 is 10.1 Å². The lowest BCUT2D eigenvalue weighted by atomic mass is 9.82. The second kappa shape index (κ2) is 14.6. The van der Waals surface area contributed by atoms with Gasteiger partial charge in [0.15, 0.2) is 0 Å². The number of hydrogen-bond donors (Lipinski definition) is 1. The molecule has 6 heteroatoms. The van der Waals surface area contributed by atoms with Crippen molar-refractivity contribution in [2.24, 2.45) is 10.9 Å². The fraction of sp³-hybridized carbons (Fsp3) is 0.905. The molecule has 1 fully saturated rings. The number of hydrogen-bond acceptors (Lipinski definition) is 3. The van der Waals surface area contributed by atoms with Crippen molar-refractivity contribution in [2.45, 2.75) is 83.7 Å². The van der Waals surface area contributed by atoms with Crippen molar-refractivity contribution in [3.05, 3.63) is 0 Å². The number of alkyl halides is 2. The van der Waals surface area contributed by atoms with Crippen LogP contribution < -0.4 is 5.32 Å². The number of halogens is 2. The van der Waals surface area contributed by atoms with E-state index in [0.717, 1.165) is 63.9 Å². The minimum atomic E-state index is 0.297. The molecule has 3 atom stereocenters. The molecule has 0 heterocycles. The van der Waals surface area contributed by atoms with E-state index in [1.807, 2.05) is 7.05 Å². The molecule has 27 heavy (non-hydrogen) atoms. The predicted molar refractivity (Wildman–Crippen MR) is 118 cm³/mol. The van der Waals surface area contributed by atoms with Crippen LogP contribution in [0.25, 0.3) is 0 Å². The first-order valence-electron chi connectivity index (χ1n) is 10.6. The molecule has 0 saturated heterocycles. The summed E-state index contributed by atoms with van der Waals surface area (Å²) in [7, 11) is 1.98. The van der Waals surface area contributed by atoms with Crippen molar-refractivity contribution in [1.82, 2.24) is 10.2 Å². The monoisotopic (exact) mass is 419 g/mol. The smallest absolute Gasteiger partial charge is 0.129 e. The molecule has 0 bridgehead atoms. The molecule has 1 rings (SSSR count). The first-order valence-corrected chi connectivity index (χ1v) is 11.7. The highest BCUT2D eigenvalue weighted by atomic mass is 35.5. The van der Waals surface area contributed by atoms with Crippen LogP contribution >= 0.6 is 23.2 Å². The highest BCUT2D eigenvalue weighted by Crippen LogP contribution is 2.30. The van der Waals surface area contributed by atoms with Gasteiger partial charge in [0.05, 0.1) is 11.9 Å². The minimum absolute atomic E-state index is 0.297. The van der Waals surface area contributed by atoms with E-state index in [4.69, 9.17) is 28.2 Å². The van der Waals surface area contributed by atoms with E-state index >= 15 is 0 Å². The van der Waals surface area contributed by atoms with E-state index < -0.39 is 0 Å². The standard InChI is InChI=1S/C21H39Cl2N3O/c1-17-10-11-19(26(14-12-22)15-13-23)16-20(17)25-21(24-3)9-7-5-4-6-8-18(2)27/h17,19-20H,4-16H2,1-3H3,(H,24,25)/t17-,19?,20?/m1/s1. The molecule has 0 amide bonds. The number of rotatable bonds is 13. The Labute approximate surface area is 176 Å². The second-order valence-electron chi connectivity index (χ2n) is 7.87. The van der Waals surface area contributed by atoms with Crippen LogP contribution in [0.2, 0.25) is 0 Å². The SMILES string of the molecule is CN/C(CCCCCCC(C)=O)=N\C1CC(N(CCCl)CCCl)CC[C@H]1C. The van der Waals surface area contributed by atoms with Gasteiger partial charge in [-0.3, -0.25) is 9.89 Å². The molecule has 0 spiro atoms. The third kappa shape index (κ3) is 10.1. The van der Waals surface area contributed by atoms with Crippen LogP contribution in [0.3, 0.4) is 0 Å². The van der Waals surface area contributed by atoms with Gasteiger partial charge in [-0.05, 0) is 44.9 Å². The number of nitrogens with zero attached hydrogens (tertiary/aromatic N) is 2. The maximum atomic E-state index is 11.0. The third-order valence-corrected chi connectivity index (χ3v) is 6.03. The van der Waals surface area contributed by atoms with Gasteiger partial charge >= 0.3 is 0 Å². The average Bonchev–Trinajstić information content (AvgIpc) is 2.64. The Kier molecular flexibility index (Phi) is 13.4. The summed E-state index contributed by atoms with van der Waals surface area (Å²) in [6, 6.07) is 0.911. The molecule has 0 aromatic rings. The van der Waals surface area contributed by atoms with Gasteiger partial charge in [0.1, 0.15) is 5.78 Å². The predicted octanol–water partition coefficient (Wildman–Crippen LogP) is 4.87. The molecule has 0 radical (unpaired) electrons. The first-order chi connectivity index (χ1) is 13.0. The summed E-state index contributed by atoms with van der Waals surface area (Å²) in [6.07, 6.45) is 9.67. The van der Waals surface area contributed by atoms with E-state index in [-0.39, 0.29) is 0 Å². The summed E-state index contributed by atoms with van der Waals surface area (Å²) >= 11 is 12.0. The van der Waals surface area contributed by atoms with Crippen molar-refractivity contribution >= 4 is 34.8 Å². The second-order valence-corrected chi connectivity index (χ2v) is 8.62. The largest absolute Gasteiger partial charge is 0.377 e. The molecule has 0 aromatic heterocycles. The van der Waals surface area contributed by atoms with Crippen LogP contribution in [0.1, 0.15) is 71.6 Å². The highest BCUT2D eigenvalue weighted by molar-refractivity contribution is 6.18. The molecule has 158 valence electrons. The first kappa shape index (κ1) is 24.7. The Bertz CT molecular complexity index is 439. The number of ketones is 1. The van der Waals surface area contributed by atoms with Crippen LogP contribution in [0.4, 0.5) is 0 Å². The van der Waals surface area contributed by atoms with Gasteiger partial charge in [0.2, 0.25) is 0 Å². The van der Waals surface area contributed by atoms with E-state index in [1.54, 1.807) is 6.92 Å². The van der Waals surface area contributed by atoms with Gasteiger partial charge in [-0.1, -0.05) is 19.8 Å². The zero-order valence-corrected chi connectivity index (χ0v) is 19.0. The maximum Gasteiger partial charge on any atom is 0.129 e. The van der Waals surface area contributed by atoms with Crippen LogP contribution in [-0.4, -0.2) is 60.5 Å². The molecule has 0 aliphatic heterocycles. The van der Waals surface area contributed by atoms with E-state index in [9.17, 15) is 4.79 Å². The summed E-state index contributed by atoms with van der Waals surface area (Å²) in [6.45, 7) is 5.81. The fourth-order valence-electron chi connectivity index (χ4n) is 3.96. The van der Waals surface area contributed by atoms with Crippen LogP contribution in [0, 0.1) is 5.92 Å². The van der Waals surface area contributed by atoms with Crippen LogP contribution in [0.5, 0.6) is 0 Å². The molecule has 2 unspecified atom stereocenters. The fourth-order valence-corrected chi connectivity index (χ4v) is 4.39. The zero-order chi connectivity index (χ0) is 20.1. The van der Waals surface area contributed by atoms with Crippen LogP contribution in [0.15, 0.2) is 4.99 Å². The Morgan fingerprint density at radius 3 is 2.26 bits per heavy atom. The summed E-state index contributed by atoms with van der Waals surface area (Å²) in [5, 5.41) is 3.31. The Morgan fingerprint density at radius 1 is 1.07 bits per heavy atom. The molecule has 0 aromatic carbocycles. The molecule has 1 aliphatic carbocycles. The Hall–Kier alpha value is -0.320. The lowest BCUT2D eigenvalue weighted by Gasteiger charge is -2.39. The van der Waals surface area contributed by atoms with Gasteiger partial charge in [-0.15, -0.1) is 23.2 Å². The van der Waals surface area contributed by atoms with Gasteiger partial charge in [-0.25, -0.2) is 0 Å². The number of amidine groups is 1. The van der Waals surface area contributed by atoms with Gasteiger partial charge in [-0.2, -0.15) is 0 Å². The molecule has 1 aliphatic rings. The van der Waals surface area contributed by atoms with E-state index in [0.29, 0.717) is 35.5 Å². The molecule has 1 saturated carbocycles. The van der Waals surface area contributed by atoms with Crippen molar-refractivity contribution in [1.29, 1.82) is 0 Å². The van der Waals surface area contributed by atoms with E-state index in [1.165, 1.54) is 12.8 Å². The van der Waals surface area contributed by atoms with Crippen molar-refractivity contribution < 1.29 is 4.79 Å². The summed E-state index contributed by atoms with van der Waals surface area (Å²) in [5.41, 5.74) is 0. The van der Waals surface area contributed by atoms with Crippen LogP contribution in [-0.2, 0) is 4.79 Å². The molecule has 4 nitrogen and oxygen atoms in total. The van der Waals surface area contributed by atoms with Crippen molar-refractivity contribution in [2.75, 3.05) is 31.9 Å². The lowest BCUT2D eigenvalue weighted by Crippen LogP contribution is -2.44. The number of carbonyl (C=O) groups excluding carboxylic acids is 1.